The average molecular weight is 306 g/mol. The largest absolute Gasteiger partial charge is 0.337 e. The molecule has 0 aliphatic heterocycles. The van der Waals surface area contributed by atoms with Gasteiger partial charge in [-0.2, -0.15) is 0 Å². The second kappa shape index (κ2) is 7.09. The molecule has 4 heteroatoms. The number of rotatable bonds is 6. The van der Waals surface area contributed by atoms with Gasteiger partial charge < -0.3 is 9.13 Å². The number of aromatic nitrogens is 4. The van der Waals surface area contributed by atoms with Crippen molar-refractivity contribution in [2.24, 2.45) is 0 Å². The smallest absolute Gasteiger partial charge is 0.0959 e. The highest BCUT2D eigenvalue weighted by Crippen LogP contribution is 2.27. The van der Waals surface area contributed by atoms with Gasteiger partial charge in [0.15, 0.2) is 0 Å². The third-order valence-corrected chi connectivity index (χ3v) is 4.07. The third kappa shape index (κ3) is 3.42. The maximum Gasteiger partial charge on any atom is 0.0959 e. The summed E-state index contributed by atoms with van der Waals surface area (Å²) in [7, 11) is 0. The maximum atomic E-state index is 4.67. The van der Waals surface area contributed by atoms with Crippen LogP contribution in [0.3, 0.4) is 0 Å². The molecule has 0 aliphatic rings. The monoisotopic (exact) mass is 306 g/mol. The Bertz CT molecular complexity index is 767. The van der Waals surface area contributed by atoms with E-state index in [1.54, 1.807) is 0 Å². The molecular formula is C19H22N4. The van der Waals surface area contributed by atoms with E-state index in [4.69, 9.17) is 0 Å². The number of hydrogen-bond acceptors (Lipinski definition) is 2. The number of hydrogen-bond donors (Lipinski definition) is 0. The standard InChI is InChI=1S/C19H22N4/c1-3-16(2)19-18(17-8-5-4-6-9-17)21-15-23(19)12-7-11-22-13-10-20-14-22/h3-6,8-10,13-15H,7,11-12H2,1-2H3/b16-3+. The van der Waals surface area contributed by atoms with Crippen LogP contribution in [0.1, 0.15) is 26.0 Å². The quantitative estimate of drug-likeness (QED) is 0.682. The third-order valence-electron chi connectivity index (χ3n) is 4.07. The fourth-order valence-corrected chi connectivity index (χ4v) is 2.75. The normalized spacial score (nSPS) is 11.8. The Hall–Kier alpha value is -2.62. The van der Waals surface area contributed by atoms with Crippen LogP contribution >= 0.6 is 0 Å². The number of nitrogens with zero attached hydrogens (tertiary/aromatic N) is 4. The molecule has 0 spiro atoms. The Balaban J connectivity index is 1.84. The Kier molecular flexibility index (Phi) is 4.71. The molecule has 0 N–H and O–H groups in total. The summed E-state index contributed by atoms with van der Waals surface area (Å²) in [5.74, 6) is 0. The molecule has 0 radical (unpaired) electrons. The van der Waals surface area contributed by atoms with E-state index in [1.165, 1.54) is 11.3 Å². The topological polar surface area (TPSA) is 35.6 Å². The minimum Gasteiger partial charge on any atom is -0.337 e. The first-order valence-corrected chi connectivity index (χ1v) is 7.99. The lowest BCUT2D eigenvalue weighted by Gasteiger charge is -2.11. The van der Waals surface area contributed by atoms with E-state index in [0.717, 1.165) is 30.8 Å². The van der Waals surface area contributed by atoms with Crippen molar-refractivity contribution in [3.8, 4) is 11.3 Å². The Morgan fingerprint density at radius 3 is 2.65 bits per heavy atom. The van der Waals surface area contributed by atoms with Crippen molar-refractivity contribution in [3.63, 3.8) is 0 Å². The number of imidazole rings is 2. The molecule has 0 saturated carbocycles. The first kappa shape index (κ1) is 15.3. The fraction of sp³-hybridized carbons (Fsp3) is 0.263. The van der Waals surface area contributed by atoms with Crippen LogP contribution in [-0.4, -0.2) is 19.1 Å². The lowest BCUT2D eigenvalue weighted by atomic mass is 10.1. The van der Waals surface area contributed by atoms with Crippen molar-refractivity contribution in [1.82, 2.24) is 19.1 Å². The first-order chi connectivity index (χ1) is 11.3. The Morgan fingerprint density at radius 2 is 1.96 bits per heavy atom. The van der Waals surface area contributed by atoms with Crippen molar-refractivity contribution >= 4 is 5.57 Å². The maximum absolute atomic E-state index is 4.67. The van der Waals surface area contributed by atoms with Crippen molar-refractivity contribution in [3.05, 3.63) is 67.2 Å². The van der Waals surface area contributed by atoms with E-state index in [1.807, 2.05) is 31.1 Å². The zero-order valence-corrected chi connectivity index (χ0v) is 13.7. The highest BCUT2D eigenvalue weighted by atomic mass is 15.1. The van der Waals surface area contributed by atoms with Gasteiger partial charge in [-0.15, -0.1) is 0 Å². The molecule has 0 aliphatic carbocycles. The fourth-order valence-electron chi connectivity index (χ4n) is 2.75. The van der Waals surface area contributed by atoms with Crippen molar-refractivity contribution in [2.45, 2.75) is 33.4 Å². The molecule has 2 aromatic heterocycles. The van der Waals surface area contributed by atoms with E-state index in [2.05, 4.69) is 63.3 Å². The molecule has 1 aromatic carbocycles. The summed E-state index contributed by atoms with van der Waals surface area (Å²) in [6, 6.07) is 10.4. The predicted octanol–water partition coefficient (Wildman–Crippen LogP) is 4.26. The van der Waals surface area contributed by atoms with Gasteiger partial charge in [0.25, 0.3) is 0 Å². The Morgan fingerprint density at radius 1 is 1.13 bits per heavy atom. The van der Waals surface area contributed by atoms with Crippen LogP contribution < -0.4 is 0 Å². The van der Waals surface area contributed by atoms with Crippen LogP contribution in [0.4, 0.5) is 0 Å². The average Bonchev–Trinajstić information content (AvgIpc) is 3.25. The van der Waals surface area contributed by atoms with Gasteiger partial charge in [0.05, 0.1) is 24.0 Å². The molecule has 2 heterocycles. The van der Waals surface area contributed by atoms with E-state index in [-0.39, 0.29) is 0 Å². The van der Waals surface area contributed by atoms with Crippen molar-refractivity contribution in [1.29, 1.82) is 0 Å². The van der Waals surface area contributed by atoms with E-state index >= 15 is 0 Å². The second-order valence-corrected chi connectivity index (χ2v) is 5.63. The molecule has 0 fully saturated rings. The molecule has 4 nitrogen and oxygen atoms in total. The molecule has 0 saturated heterocycles. The summed E-state index contributed by atoms with van der Waals surface area (Å²) in [5, 5.41) is 0. The first-order valence-electron chi connectivity index (χ1n) is 7.99. The van der Waals surface area contributed by atoms with Gasteiger partial charge in [0.1, 0.15) is 0 Å². The van der Waals surface area contributed by atoms with Gasteiger partial charge in [-0.1, -0.05) is 36.4 Å². The van der Waals surface area contributed by atoms with E-state index in [0.29, 0.717) is 0 Å². The van der Waals surface area contributed by atoms with Crippen LogP contribution in [0.5, 0.6) is 0 Å². The minimum atomic E-state index is 0.943. The number of aryl methyl sites for hydroxylation is 2. The summed E-state index contributed by atoms with van der Waals surface area (Å²) in [5.41, 5.74) is 4.69. The zero-order valence-electron chi connectivity index (χ0n) is 13.7. The van der Waals surface area contributed by atoms with Crippen LogP contribution in [0.15, 0.2) is 61.5 Å². The summed E-state index contributed by atoms with van der Waals surface area (Å²) >= 11 is 0. The lowest BCUT2D eigenvalue weighted by molar-refractivity contribution is 0.560. The highest BCUT2D eigenvalue weighted by molar-refractivity contribution is 5.76. The Labute approximate surface area is 137 Å². The van der Waals surface area contributed by atoms with Gasteiger partial charge in [-0.05, 0) is 25.8 Å². The molecule has 0 unspecified atom stereocenters. The van der Waals surface area contributed by atoms with Gasteiger partial charge in [0.2, 0.25) is 0 Å². The van der Waals surface area contributed by atoms with Crippen LogP contribution in [0, 0.1) is 0 Å². The lowest BCUT2D eigenvalue weighted by Crippen LogP contribution is -2.05. The zero-order chi connectivity index (χ0) is 16.1. The van der Waals surface area contributed by atoms with Gasteiger partial charge >= 0.3 is 0 Å². The number of allylic oxidation sites excluding steroid dienone is 2. The molecule has 0 bridgehead atoms. The summed E-state index contributed by atoms with van der Waals surface area (Å²) in [6.07, 6.45) is 10.8. The molecule has 3 rings (SSSR count). The molecule has 0 atom stereocenters. The van der Waals surface area contributed by atoms with E-state index < -0.39 is 0 Å². The molecule has 0 amide bonds. The van der Waals surface area contributed by atoms with E-state index in [9.17, 15) is 0 Å². The van der Waals surface area contributed by atoms with Crippen molar-refractivity contribution in [2.75, 3.05) is 0 Å². The number of benzene rings is 1. The second-order valence-electron chi connectivity index (χ2n) is 5.63. The molecule has 23 heavy (non-hydrogen) atoms. The molecule has 118 valence electrons. The van der Waals surface area contributed by atoms with Gasteiger partial charge in [0, 0.05) is 31.0 Å². The summed E-state index contributed by atoms with van der Waals surface area (Å²) < 4.78 is 4.37. The van der Waals surface area contributed by atoms with Crippen LogP contribution in [0.25, 0.3) is 16.8 Å². The minimum absolute atomic E-state index is 0.943. The van der Waals surface area contributed by atoms with Crippen molar-refractivity contribution < 1.29 is 0 Å². The molecular weight excluding hydrogens is 284 g/mol. The highest BCUT2D eigenvalue weighted by Gasteiger charge is 2.13. The summed E-state index contributed by atoms with van der Waals surface area (Å²) in [6.45, 7) is 6.13. The molecule has 3 aromatic rings. The predicted molar refractivity (Wildman–Crippen MR) is 93.8 cm³/mol. The van der Waals surface area contributed by atoms with Gasteiger partial charge in [-0.3, -0.25) is 0 Å². The SMILES string of the molecule is C/C=C(\C)c1c(-c2ccccc2)ncn1CCCn1ccnc1. The van der Waals surface area contributed by atoms with Crippen LogP contribution in [0.2, 0.25) is 0 Å². The van der Waals surface area contributed by atoms with Crippen LogP contribution in [-0.2, 0) is 13.1 Å². The summed E-state index contributed by atoms with van der Waals surface area (Å²) in [4.78, 5) is 8.76. The van der Waals surface area contributed by atoms with Gasteiger partial charge in [-0.25, -0.2) is 9.97 Å².